The van der Waals surface area contributed by atoms with E-state index in [9.17, 15) is 4.79 Å². The van der Waals surface area contributed by atoms with Gasteiger partial charge in [-0.25, -0.2) is 5.84 Å². The normalized spacial score (nSPS) is 17.5. The van der Waals surface area contributed by atoms with Crippen LogP contribution in [-0.4, -0.2) is 18.6 Å². The highest BCUT2D eigenvalue weighted by molar-refractivity contribution is 5.87. The van der Waals surface area contributed by atoms with E-state index in [-0.39, 0.29) is 6.61 Å². The zero-order valence-corrected chi connectivity index (χ0v) is 9.55. The van der Waals surface area contributed by atoms with Crippen molar-refractivity contribution in [2.24, 2.45) is 5.84 Å². The molecule has 2 aromatic carbocycles. The lowest BCUT2D eigenvalue weighted by Crippen LogP contribution is -2.46. The maximum absolute atomic E-state index is 11.4. The van der Waals surface area contributed by atoms with Crippen LogP contribution >= 0.6 is 0 Å². The molecule has 0 unspecified atom stereocenters. The van der Waals surface area contributed by atoms with Crippen LogP contribution in [0.3, 0.4) is 0 Å². The number of amides is 1. The van der Waals surface area contributed by atoms with Gasteiger partial charge in [-0.2, -0.15) is 0 Å². The molecule has 1 amide bonds. The van der Waals surface area contributed by atoms with Crippen molar-refractivity contribution in [2.45, 2.75) is 6.10 Å². The van der Waals surface area contributed by atoms with Crippen LogP contribution in [0.4, 0.5) is 0 Å². The first-order valence-electron chi connectivity index (χ1n) is 5.60. The maximum atomic E-state index is 11.4. The summed E-state index contributed by atoms with van der Waals surface area (Å²) in [6, 6.07) is 11.6. The van der Waals surface area contributed by atoms with Crippen LogP contribution < -0.4 is 20.7 Å². The van der Waals surface area contributed by atoms with Crippen LogP contribution in [0.5, 0.6) is 11.5 Å². The number of hydrazine groups is 1. The number of benzene rings is 2. The zero-order chi connectivity index (χ0) is 12.5. The monoisotopic (exact) mass is 244 g/mol. The van der Waals surface area contributed by atoms with Crippen molar-refractivity contribution in [3.05, 3.63) is 36.4 Å². The molecule has 5 heteroatoms. The van der Waals surface area contributed by atoms with E-state index < -0.39 is 12.0 Å². The molecule has 1 aliphatic heterocycles. The number of hydrogen-bond donors (Lipinski definition) is 2. The molecule has 3 rings (SSSR count). The molecule has 18 heavy (non-hydrogen) atoms. The van der Waals surface area contributed by atoms with Gasteiger partial charge in [-0.05, 0) is 22.9 Å². The summed E-state index contributed by atoms with van der Waals surface area (Å²) in [6.45, 7) is 0.161. The predicted octanol–water partition coefficient (Wildman–Crippen LogP) is 0.970. The van der Waals surface area contributed by atoms with E-state index >= 15 is 0 Å². The highest BCUT2D eigenvalue weighted by Gasteiger charge is 2.27. The van der Waals surface area contributed by atoms with Crippen molar-refractivity contribution in [3.8, 4) is 11.5 Å². The summed E-state index contributed by atoms with van der Waals surface area (Å²) in [7, 11) is 0. The Balaban J connectivity index is 2.00. The van der Waals surface area contributed by atoms with Crippen LogP contribution in [0.1, 0.15) is 0 Å². The van der Waals surface area contributed by atoms with Crippen molar-refractivity contribution in [2.75, 3.05) is 6.61 Å². The fraction of sp³-hybridized carbons (Fsp3) is 0.154. The minimum atomic E-state index is -0.705. The topological polar surface area (TPSA) is 73.6 Å². The predicted molar refractivity (Wildman–Crippen MR) is 66.2 cm³/mol. The van der Waals surface area contributed by atoms with E-state index in [1.165, 1.54) is 0 Å². The third-order valence-electron chi connectivity index (χ3n) is 2.91. The van der Waals surface area contributed by atoms with E-state index in [0.29, 0.717) is 11.5 Å². The van der Waals surface area contributed by atoms with Gasteiger partial charge in [0, 0.05) is 0 Å². The minimum absolute atomic E-state index is 0.161. The Morgan fingerprint density at radius 2 is 1.89 bits per heavy atom. The van der Waals surface area contributed by atoms with Crippen molar-refractivity contribution in [3.63, 3.8) is 0 Å². The Hall–Kier alpha value is -2.27. The van der Waals surface area contributed by atoms with Crippen molar-refractivity contribution < 1.29 is 14.3 Å². The van der Waals surface area contributed by atoms with Gasteiger partial charge in [-0.1, -0.05) is 24.3 Å². The maximum Gasteiger partial charge on any atom is 0.278 e. The molecule has 0 spiro atoms. The average molecular weight is 244 g/mol. The summed E-state index contributed by atoms with van der Waals surface area (Å²) in [6.07, 6.45) is -0.705. The Morgan fingerprint density at radius 1 is 1.22 bits per heavy atom. The summed E-state index contributed by atoms with van der Waals surface area (Å²) in [5.74, 6) is 5.90. The second-order valence-electron chi connectivity index (χ2n) is 4.07. The number of fused-ring (bicyclic) bond motifs is 2. The van der Waals surface area contributed by atoms with Gasteiger partial charge >= 0.3 is 0 Å². The second-order valence-corrected chi connectivity index (χ2v) is 4.07. The smallest absolute Gasteiger partial charge is 0.278 e. The standard InChI is InChI=1S/C13H12N2O3/c14-15-13(16)12-7-17-10-5-8-3-1-2-4-9(8)6-11(10)18-12/h1-6,12H,7,14H2,(H,15,16)/t12-/m0/s1. The van der Waals surface area contributed by atoms with Gasteiger partial charge in [-0.15, -0.1) is 0 Å². The average Bonchev–Trinajstić information content (AvgIpc) is 2.43. The molecule has 0 aliphatic carbocycles. The number of ether oxygens (including phenoxy) is 2. The van der Waals surface area contributed by atoms with Gasteiger partial charge in [0.2, 0.25) is 6.10 Å². The Kier molecular flexibility index (Phi) is 2.53. The molecule has 2 aromatic rings. The molecule has 0 saturated heterocycles. The number of hydrogen-bond acceptors (Lipinski definition) is 4. The molecule has 1 aliphatic rings. The fourth-order valence-corrected chi connectivity index (χ4v) is 1.98. The minimum Gasteiger partial charge on any atom is -0.485 e. The summed E-state index contributed by atoms with van der Waals surface area (Å²) in [5, 5.41) is 2.11. The van der Waals surface area contributed by atoms with Crippen LogP contribution in [-0.2, 0) is 4.79 Å². The molecule has 0 radical (unpaired) electrons. The first-order chi connectivity index (χ1) is 8.78. The molecule has 0 fully saturated rings. The van der Waals surface area contributed by atoms with Crippen molar-refractivity contribution in [1.29, 1.82) is 0 Å². The zero-order valence-electron chi connectivity index (χ0n) is 9.55. The highest BCUT2D eigenvalue weighted by Crippen LogP contribution is 2.35. The van der Waals surface area contributed by atoms with Crippen LogP contribution in [0.25, 0.3) is 10.8 Å². The molecule has 1 heterocycles. The van der Waals surface area contributed by atoms with Gasteiger partial charge in [0.1, 0.15) is 6.61 Å². The van der Waals surface area contributed by atoms with E-state index in [4.69, 9.17) is 15.3 Å². The van der Waals surface area contributed by atoms with Gasteiger partial charge in [0.15, 0.2) is 11.5 Å². The number of rotatable bonds is 1. The number of carbonyl (C=O) groups is 1. The van der Waals surface area contributed by atoms with Gasteiger partial charge in [0.05, 0.1) is 0 Å². The van der Waals surface area contributed by atoms with Gasteiger partial charge in [-0.3, -0.25) is 10.2 Å². The second kappa shape index (κ2) is 4.19. The SMILES string of the molecule is NNC(=O)[C@@H]1COc2cc3ccccc3cc2O1. The lowest BCUT2D eigenvalue weighted by atomic mass is 10.1. The summed E-state index contributed by atoms with van der Waals surface area (Å²) in [4.78, 5) is 11.4. The summed E-state index contributed by atoms with van der Waals surface area (Å²) >= 11 is 0. The third kappa shape index (κ3) is 1.74. The molecule has 0 saturated carbocycles. The van der Waals surface area contributed by atoms with E-state index in [1.54, 1.807) is 0 Å². The Morgan fingerprint density at radius 3 is 2.56 bits per heavy atom. The number of carbonyl (C=O) groups excluding carboxylic acids is 1. The van der Waals surface area contributed by atoms with Crippen LogP contribution in [0, 0.1) is 0 Å². The highest BCUT2D eigenvalue weighted by atomic mass is 16.6. The Bertz CT molecular complexity index is 612. The number of nitrogens with one attached hydrogen (secondary N) is 1. The molecule has 0 aromatic heterocycles. The van der Waals surface area contributed by atoms with Gasteiger partial charge < -0.3 is 9.47 Å². The molecular formula is C13H12N2O3. The van der Waals surface area contributed by atoms with Crippen molar-refractivity contribution >= 4 is 16.7 Å². The largest absolute Gasteiger partial charge is 0.485 e. The van der Waals surface area contributed by atoms with E-state index in [1.807, 2.05) is 36.4 Å². The summed E-state index contributed by atoms with van der Waals surface area (Å²) in [5.41, 5.74) is 2.06. The molecule has 5 nitrogen and oxygen atoms in total. The Labute approximate surface area is 103 Å². The first-order valence-corrected chi connectivity index (χ1v) is 5.60. The lowest BCUT2D eigenvalue weighted by molar-refractivity contribution is -0.130. The van der Waals surface area contributed by atoms with E-state index in [2.05, 4.69) is 5.43 Å². The molecule has 0 bridgehead atoms. The van der Waals surface area contributed by atoms with Crippen molar-refractivity contribution in [1.82, 2.24) is 5.43 Å². The van der Waals surface area contributed by atoms with E-state index in [0.717, 1.165) is 10.8 Å². The van der Waals surface area contributed by atoms with Crippen LogP contribution in [0.15, 0.2) is 36.4 Å². The fourth-order valence-electron chi connectivity index (χ4n) is 1.98. The molecule has 3 N–H and O–H groups in total. The van der Waals surface area contributed by atoms with Gasteiger partial charge in [0.25, 0.3) is 5.91 Å². The lowest BCUT2D eigenvalue weighted by Gasteiger charge is -2.25. The number of nitrogens with two attached hydrogens (primary N) is 1. The first kappa shape index (κ1) is 10.9. The third-order valence-corrected chi connectivity index (χ3v) is 2.91. The molecule has 92 valence electrons. The molecule has 1 atom stereocenters. The quantitative estimate of drug-likeness (QED) is 0.445. The van der Waals surface area contributed by atoms with Crippen LogP contribution in [0.2, 0.25) is 0 Å². The summed E-state index contributed by atoms with van der Waals surface area (Å²) < 4.78 is 11.1. The molecular weight excluding hydrogens is 232 g/mol.